The highest BCUT2D eigenvalue weighted by Crippen LogP contribution is 2.28. The van der Waals surface area contributed by atoms with Crippen LogP contribution >= 0.6 is 0 Å². The van der Waals surface area contributed by atoms with E-state index in [1.54, 1.807) is 5.57 Å². The minimum atomic E-state index is 0.160. The second-order valence-electron chi connectivity index (χ2n) is 8.98. The van der Waals surface area contributed by atoms with Crippen molar-refractivity contribution in [1.29, 1.82) is 0 Å². The van der Waals surface area contributed by atoms with E-state index in [0.717, 1.165) is 0 Å². The van der Waals surface area contributed by atoms with Gasteiger partial charge in [-0.3, -0.25) is 0 Å². The second-order valence-corrected chi connectivity index (χ2v) is 8.98. The van der Waals surface area contributed by atoms with Crippen molar-refractivity contribution >= 4 is 0 Å². The van der Waals surface area contributed by atoms with Crippen LogP contribution in [-0.2, 0) is 0 Å². The standard InChI is InChI=1S/C22H40/c1-10-13-20(16-11-15-19(3)22(7,8)9)18(2)14-12-17-21(4,5)6/h11,15-16,18H,3,10,12-14,17H2,1-2,4-9H3/b15-11-,20-16-. The predicted molar refractivity (Wildman–Crippen MR) is 103 cm³/mol. The van der Waals surface area contributed by atoms with E-state index in [0.29, 0.717) is 11.3 Å². The Kier molecular flexibility index (Phi) is 9.05. The van der Waals surface area contributed by atoms with Gasteiger partial charge >= 0.3 is 0 Å². The summed E-state index contributed by atoms with van der Waals surface area (Å²) in [6.07, 6.45) is 13.1. The smallest absolute Gasteiger partial charge is 0.0138 e. The van der Waals surface area contributed by atoms with Gasteiger partial charge in [-0.1, -0.05) is 98.6 Å². The van der Waals surface area contributed by atoms with Gasteiger partial charge in [0, 0.05) is 0 Å². The quantitative estimate of drug-likeness (QED) is 0.402. The van der Waals surface area contributed by atoms with Gasteiger partial charge < -0.3 is 0 Å². The zero-order valence-electron chi connectivity index (χ0n) is 16.6. The Morgan fingerprint density at radius 3 is 2.14 bits per heavy atom. The maximum Gasteiger partial charge on any atom is -0.0138 e. The Morgan fingerprint density at radius 1 is 1.09 bits per heavy atom. The SMILES string of the molecule is C=C(/C=C\C=C(\CCC)C(C)CCCC(C)(C)C)C(C)(C)C. The molecule has 0 spiro atoms. The van der Waals surface area contributed by atoms with Crippen molar-refractivity contribution in [3.63, 3.8) is 0 Å². The highest BCUT2D eigenvalue weighted by Gasteiger charge is 2.13. The number of allylic oxidation sites excluding steroid dienone is 5. The van der Waals surface area contributed by atoms with Crippen molar-refractivity contribution in [2.75, 3.05) is 0 Å². The van der Waals surface area contributed by atoms with Gasteiger partial charge in [0.1, 0.15) is 0 Å². The maximum atomic E-state index is 4.17. The lowest BCUT2D eigenvalue weighted by Crippen LogP contribution is -2.07. The molecular weight excluding hydrogens is 264 g/mol. The first-order valence-corrected chi connectivity index (χ1v) is 9.04. The third-order valence-electron chi connectivity index (χ3n) is 4.31. The van der Waals surface area contributed by atoms with Crippen molar-refractivity contribution in [3.8, 4) is 0 Å². The minimum absolute atomic E-state index is 0.160. The third-order valence-corrected chi connectivity index (χ3v) is 4.31. The summed E-state index contributed by atoms with van der Waals surface area (Å²) in [4.78, 5) is 0. The number of hydrogen-bond donors (Lipinski definition) is 0. The van der Waals surface area contributed by atoms with Gasteiger partial charge in [-0.2, -0.15) is 0 Å². The lowest BCUT2D eigenvalue weighted by atomic mass is 9.85. The molecule has 0 aliphatic carbocycles. The van der Waals surface area contributed by atoms with E-state index in [1.165, 1.54) is 37.7 Å². The Labute approximate surface area is 140 Å². The van der Waals surface area contributed by atoms with E-state index in [4.69, 9.17) is 0 Å². The van der Waals surface area contributed by atoms with E-state index in [-0.39, 0.29) is 5.41 Å². The van der Waals surface area contributed by atoms with Crippen molar-refractivity contribution in [1.82, 2.24) is 0 Å². The van der Waals surface area contributed by atoms with Crippen LogP contribution in [0.2, 0.25) is 0 Å². The predicted octanol–water partition coefficient (Wildman–Crippen LogP) is 7.72. The molecule has 0 amide bonds. The lowest BCUT2D eigenvalue weighted by molar-refractivity contribution is 0.349. The Bertz CT molecular complexity index is 379. The molecule has 0 radical (unpaired) electrons. The monoisotopic (exact) mass is 304 g/mol. The highest BCUT2D eigenvalue weighted by atomic mass is 14.2. The van der Waals surface area contributed by atoms with Crippen LogP contribution in [-0.4, -0.2) is 0 Å². The van der Waals surface area contributed by atoms with E-state index in [2.05, 4.69) is 80.2 Å². The van der Waals surface area contributed by atoms with Crippen LogP contribution in [0.1, 0.15) is 87.5 Å². The van der Waals surface area contributed by atoms with Crippen LogP contribution in [0, 0.1) is 16.7 Å². The molecule has 0 aliphatic rings. The van der Waals surface area contributed by atoms with Gasteiger partial charge in [0.25, 0.3) is 0 Å². The van der Waals surface area contributed by atoms with Crippen LogP contribution in [0.25, 0.3) is 0 Å². The molecule has 0 heteroatoms. The van der Waals surface area contributed by atoms with E-state index < -0.39 is 0 Å². The number of hydrogen-bond acceptors (Lipinski definition) is 0. The van der Waals surface area contributed by atoms with Gasteiger partial charge in [0.15, 0.2) is 0 Å². The van der Waals surface area contributed by atoms with Crippen LogP contribution < -0.4 is 0 Å². The van der Waals surface area contributed by atoms with Crippen LogP contribution in [0.4, 0.5) is 0 Å². The molecule has 0 nitrogen and oxygen atoms in total. The fourth-order valence-electron chi connectivity index (χ4n) is 2.44. The molecule has 0 aromatic heterocycles. The molecule has 0 rings (SSSR count). The molecule has 0 aromatic rings. The summed E-state index contributed by atoms with van der Waals surface area (Å²) < 4.78 is 0. The number of rotatable bonds is 8. The van der Waals surface area contributed by atoms with Crippen molar-refractivity contribution in [2.45, 2.75) is 87.5 Å². The summed E-state index contributed by atoms with van der Waals surface area (Å²) in [6.45, 7) is 22.5. The summed E-state index contributed by atoms with van der Waals surface area (Å²) in [7, 11) is 0. The van der Waals surface area contributed by atoms with Gasteiger partial charge in [-0.05, 0) is 41.6 Å². The van der Waals surface area contributed by atoms with Crippen molar-refractivity contribution in [3.05, 3.63) is 36.0 Å². The van der Waals surface area contributed by atoms with Gasteiger partial charge in [0.2, 0.25) is 0 Å². The van der Waals surface area contributed by atoms with Crippen LogP contribution in [0.5, 0.6) is 0 Å². The molecule has 0 heterocycles. The van der Waals surface area contributed by atoms with E-state index >= 15 is 0 Å². The minimum Gasteiger partial charge on any atom is -0.0953 e. The summed E-state index contributed by atoms with van der Waals surface area (Å²) in [5.74, 6) is 0.690. The summed E-state index contributed by atoms with van der Waals surface area (Å²) >= 11 is 0. The van der Waals surface area contributed by atoms with E-state index in [9.17, 15) is 0 Å². The maximum absolute atomic E-state index is 4.17. The first kappa shape index (κ1) is 21.2. The molecule has 0 aromatic carbocycles. The Hall–Kier alpha value is -0.780. The topological polar surface area (TPSA) is 0 Å². The zero-order chi connectivity index (χ0) is 17.4. The fourth-order valence-corrected chi connectivity index (χ4v) is 2.44. The molecule has 0 aliphatic heterocycles. The van der Waals surface area contributed by atoms with Crippen LogP contribution in [0.3, 0.4) is 0 Å². The molecule has 1 atom stereocenters. The average molecular weight is 305 g/mol. The highest BCUT2D eigenvalue weighted by molar-refractivity contribution is 5.26. The van der Waals surface area contributed by atoms with Gasteiger partial charge in [-0.25, -0.2) is 0 Å². The molecule has 0 bridgehead atoms. The van der Waals surface area contributed by atoms with Gasteiger partial charge in [0.05, 0.1) is 0 Å². The third kappa shape index (κ3) is 10.0. The van der Waals surface area contributed by atoms with Crippen LogP contribution in [0.15, 0.2) is 36.0 Å². The summed E-state index contributed by atoms with van der Waals surface area (Å²) in [6, 6.07) is 0. The molecular formula is C22H40. The molecule has 0 saturated carbocycles. The first-order chi connectivity index (χ1) is 9.97. The van der Waals surface area contributed by atoms with Gasteiger partial charge in [-0.15, -0.1) is 0 Å². The fraction of sp³-hybridized carbons (Fsp3) is 0.727. The Morgan fingerprint density at radius 2 is 1.68 bits per heavy atom. The molecule has 0 N–H and O–H groups in total. The summed E-state index contributed by atoms with van der Waals surface area (Å²) in [5, 5.41) is 0. The van der Waals surface area contributed by atoms with E-state index in [1.807, 2.05) is 0 Å². The zero-order valence-corrected chi connectivity index (χ0v) is 16.6. The van der Waals surface area contributed by atoms with Crippen molar-refractivity contribution in [2.24, 2.45) is 16.7 Å². The second kappa shape index (κ2) is 9.38. The largest absolute Gasteiger partial charge is 0.0953 e. The average Bonchev–Trinajstić information content (AvgIpc) is 2.34. The Balaban J connectivity index is 4.66. The molecule has 22 heavy (non-hydrogen) atoms. The normalized spacial score (nSPS) is 15.4. The molecule has 0 saturated heterocycles. The molecule has 128 valence electrons. The lowest BCUT2D eigenvalue weighted by Gasteiger charge is -2.21. The first-order valence-electron chi connectivity index (χ1n) is 9.04. The van der Waals surface area contributed by atoms with Crippen molar-refractivity contribution < 1.29 is 0 Å². The summed E-state index contributed by atoms with van der Waals surface area (Å²) in [5.41, 5.74) is 3.40. The molecule has 1 unspecified atom stereocenters. The molecule has 0 fully saturated rings.